The van der Waals surface area contributed by atoms with E-state index in [0.717, 1.165) is 12.1 Å². The molecule has 4 rings (SSSR count). The fourth-order valence-electron chi connectivity index (χ4n) is 3.76. The van der Waals surface area contributed by atoms with Gasteiger partial charge in [0.15, 0.2) is 5.78 Å². The van der Waals surface area contributed by atoms with E-state index in [1.165, 1.54) is 0 Å². The van der Waals surface area contributed by atoms with Crippen molar-refractivity contribution >= 4 is 34.9 Å². The Labute approximate surface area is 185 Å². The maximum absolute atomic E-state index is 12.9. The third-order valence-electron chi connectivity index (χ3n) is 5.48. The van der Waals surface area contributed by atoms with Crippen LogP contribution in [0.1, 0.15) is 39.1 Å². The van der Waals surface area contributed by atoms with Gasteiger partial charge in [0.2, 0.25) is 0 Å². The van der Waals surface area contributed by atoms with Crippen molar-refractivity contribution in [3.63, 3.8) is 0 Å². The fraction of sp³-hybridized carbons (Fsp3) is 0.261. The molecule has 0 bridgehead atoms. The second-order valence-electron chi connectivity index (χ2n) is 7.49. The summed E-state index contributed by atoms with van der Waals surface area (Å²) in [7, 11) is 0. The van der Waals surface area contributed by atoms with E-state index >= 15 is 0 Å². The standard InChI is InChI=1S/C23H21Cl2N3O2/c24-20-6-5-19(13-21(20)25)22(29)17-7-10-28(11-8-17)23(30)18-3-1-16(2-4-18)14-27-12-9-26-15-27/h1-6,9,12-13,15,17H,7-8,10-11,14H2. The second-order valence-corrected chi connectivity index (χ2v) is 8.31. The average molecular weight is 442 g/mol. The average Bonchev–Trinajstić information content (AvgIpc) is 3.28. The molecule has 154 valence electrons. The Bertz CT molecular complexity index is 1040. The number of ketones is 1. The third kappa shape index (κ3) is 4.58. The van der Waals surface area contributed by atoms with Gasteiger partial charge in [0.1, 0.15) is 0 Å². The molecule has 0 radical (unpaired) electrons. The van der Waals surface area contributed by atoms with Crippen molar-refractivity contribution in [2.24, 2.45) is 5.92 Å². The normalized spacial score (nSPS) is 14.7. The number of likely N-dealkylation sites (tertiary alicyclic amines) is 1. The minimum absolute atomic E-state index is 0.00428. The van der Waals surface area contributed by atoms with Crippen LogP contribution in [0.2, 0.25) is 10.0 Å². The van der Waals surface area contributed by atoms with E-state index in [2.05, 4.69) is 4.98 Å². The van der Waals surface area contributed by atoms with Crippen LogP contribution in [0.5, 0.6) is 0 Å². The molecule has 7 heteroatoms. The molecule has 2 aromatic carbocycles. The summed E-state index contributed by atoms with van der Waals surface area (Å²) in [4.78, 5) is 31.5. The quantitative estimate of drug-likeness (QED) is 0.524. The van der Waals surface area contributed by atoms with Crippen LogP contribution in [0.3, 0.4) is 0 Å². The molecule has 0 N–H and O–H groups in total. The summed E-state index contributed by atoms with van der Waals surface area (Å²) in [6, 6.07) is 12.6. The lowest BCUT2D eigenvalue weighted by Gasteiger charge is -2.31. The van der Waals surface area contributed by atoms with Crippen LogP contribution >= 0.6 is 23.2 Å². The lowest BCUT2D eigenvalue weighted by atomic mass is 9.88. The Balaban J connectivity index is 1.34. The van der Waals surface area contributed by atoms with Gasteiger partial charge in [0.25, 0.3) is 5.91 Å². The highest BCUT2D eigenvalue weighted by Gasteiger charge is 2.28. The summed E-state index contributed by atoms with van der Waals surface area (Å²) in [6.45, 7) is 1.84. The maximum Gasteiger partial charge on any atom is 0.253 e. The number of hydrogen-bond acceptors (Lipinski definition) is 3. The molecule has 0 atom stereocenters. The van der Waals surface area contributed by atoms with Crippen LogP contribution in [-0.2, 0) is 6.54 Å². The number of halogens is 2. The zero-order chi connectivity index (χ0) is 21.1. The van der Waals surface area contributed by atoms with Crippen molar-refractivity contribution in [2.45, 2.75) is 19.4 Å². The first-order chi connectivity index (χ1) is 14.5. The molecule has 1 aliphatic rings. The Hall–Kier alpha value is -2.63. The second kappa shape index (κ2) is 9.02. The van der Waals surface area contributed by atoms with Gasteiger partial charge >= 0.3 is 0 Å². The largest absolute Gasteiger partial charge is 0.339 e. The van der Waals surface area contributed by atoms with Crippen molar-refractivity contribution < 1.29 is 9.59 Å². The van der Waals surface area contributed by atoms with E-state index in [9.17, 15) is 9.59 Å². The highest BCUT2D eigenvalue weighted by atomic mass is 35.5. The summed E-state index contributed by atoms with van der Waals surface area (Å²) < 4.78 is 1.98. The van der Waals surface area contributed by atoms with E-state index in [1.54, 1.807) is 30.7 Å². The van der Waals surface area contributed by atoms with Crippen molar-refractivity contribution in [3.05, 3.63) is 87.9 Å². The van der Waals surface area contributed by atoms with Crippen LogP contribution in [0.15, 0.2) is 61.2 Å². The number of rotatable bonds is 5. The third-order valence-corrected chi connectivity index (χ3v) is 6.22. The molecular formula is C23H21Cl2N3O2. The van der Waals surface area contributed by atoms with Gasteiger partial charge in [-0.3, -0.25) is 9.59 Å². The van der Waals surface area contributed by atoms with Gasteiger partial charge < -0.3 is 9.47 Å². The SMILES string of the molecule is O=C(c1ccc(Cl)c(Cl)c1)C1CCN(C(=O)c2ccc(Cn3ccnc3)cc2)CC1. The molecule has 1 aliphatic heterocycles. The first-order valence-electron chi connectivity index (χ1n) is 9.84. The molecule has 5 nitrogen and oxygen atoms in total. The molecule has 1 aromatic heterocycles. The molecule has 0 unspecified atom stereocenters. The van der Waals surface area contributed by atoms with Crippen molar-refractivity contribution in [1.82, 2.24) is 14.5 Å². The summed E-state index contributed by atoms with van der Waals surface area (Å²) in [5.74, 6) is -0.0435. The Morgan fingerprint density at radius 3 is 2.30 bits per heavy atom. The summed E-state index contributed by atoms with van der Waals surface area (Å²) in [6.07, 6.45) is 6.70. The topological polar surface area (TPSA) is 55.2 Å². The van der Waals surface area contributed by atoms with Gasteiger partial charge in [-0.25, -0.2) is 4.98 Å². The van der Waals surface area contributed by atoms with Crippen LogP contribution in [0.25, 0.3) is 0 Å². The van der Waals surface area contributed by atoms with Crippen LogP contribution < -0.4 is 0 Å². The van der Waals surface area contributed by atoms with Gasteiger partial charge in [0.05, 0.1) is 16.4 Å². The molecule has 0 saturated carbocycles. The number of aromatic nitrogens is 2. The number of amides is 1. The number of benzene rings is 2. The van der Waals surface area contributed by atoms with E-state index in [0.29, 0.717) is 47.1 Å². The zero-order valence-corrected chi connectivity index (χ0v) is 17.8. The van der Waals surface area contributed by atoms with E-state index < -0.39 is 0 Å². The van der Waals surface area contributed by atoms with Crippen LogP contribution in [0.4, 0.5) is 0 Å². The van der Waals surface area contributed by atoms with Crippen LogP contribution in [-0.4, -0.2) is 39.2 Å². The maximum atomic E-state index is 12.9. The Kier molecular flexibility index (Phi) is 6.21. The van der Waals surface area contributed by atoms with Gasteiger partial charge in [0, 0.05) is 49.1 Å². The van der Waals surface area contributed by atoms with E-state index in [4.69, 9.17) is 23.2 Å². The van der Waals surface area contributed by atoms with Crippen molar-refractivity contribution in [1.29, 1.82) is 0 Å². The Morgan fingerprint density at radius 1 is 0.967 bits per heavy atom. The lowest BCUT2D eigenvalue weighted by Crippen LogP contribution is -2.40. The predicted octanol–water partition coefficient (Wildman–Crippen LogP) is 4.97. The Morgan fingerprint density at radius 2 is 1.67 bits per heavy atom. The molecule has 0 spiro atoms. The summed E-state index contributed by atoms with van der Waals surface area (Å²) in [5.41, 5.74) is 2.34. The molecule has 1 fully saturated rings. The number of piperidine rings is 1. The smallest absolute Gasteiger partial charge is 0.253 e. The first kappa shape index (κ1) is 20.6. The number of imidazole rings is 1. The minimum Gasteiger partial charge on any atom is -0.339 e. The minimum atomic E-state index is -0.108. The van der Waals surface area contributed by atoms with Gasteiger partial charge in [-0.15, -0.1) is 0 Å². The number of nitrogens with zero attached hydrogens (tertiary/aromatic N) is 3. The number of hydrogen-bond donors (Lipinski definition) is 0. The summed E-state index contributed by atoms with van der Waals surface area (Å²) in [5, 5.41) is 0.816. The molecule has 3 aromatic rings. The highest BCUT2D eigenvalue weighted by Crippen LogP contribution is 2.27. The molecule has 1 saturated heterocycles. The van der Waals surface area contributed by atoms with E-state index in [1.807, 2.05) is 39.9 Å². The van der Waals surface area contributed by atoms with Gasteiger partial charge in [-0.05, 0) is 48.7 Å². The predicted molar refractivity (Wildman–Crippen MR) is 117 cm³/mol. The molecule has 30 heavy (non-hydrogen) atoms. The molecular weight excluding hydrogens is 421 g/mol. The number of carbonyl (C=O) groups is 2. The summed E-state index contributed by atoms with van der Waals surface area (Å²) >= 11 is 12.0. The van der Waals surface area contributed by atoms with Crippen molar-refractivity contribution in [3.8, 4) is 0 Å². The van der Waals surface area contributed by atoms with Gasteiger partial charge in [-0.2, -0.15) is 0 Å². The molecule has 2 heterocycles. The zero-order valence-electron chi connectivity index (χ0n) is 16.3. The fourth-order valence-corrected chi connectivity index (χ4v) is 4.05. The monoisotopic (exact) mass is 441 g/mol. The lowest BCUT2D eigenvalue weighted by molar-refractivity contribution is 0.0650. The number of Topliss-reactive ketones (excluding diaryl/α,β-unsaturated/α-hetero) is 1. The van der Waals surface area contributed by atoms with Crippen molar-refractivity contribution in [2.75, 3.05) is 13.1 Å². The molecule has 1 amide bonds. The van der Waals surface area contributed by atoms with E-state index in [-0.39, 0.29) is 17.6 Å². The van der Waals surface area contributed by atoms with Crippen LogP contribution in [0, 0.1) is 5.92 Å². The highest BCUT2D eigenvalue weighted by molar-refractivity contribution is 6.42. The number of carbonyl (C=O) groups excluding carboxylic acids is 2. The molecule has 0 aliphatic carbocycles. The van der Waals surface area contributed by atoms with Gasteiger partial charge in [-0.1, -0.05) is 35.3 Å². The first-order valence-corrected chi connectivity index (χ1v) is 10.6.